The van der Waals surface area contributed by atoms with Crippen LogP contribution in [-0.4, -0.2) is 57.2 Å². The van der Waals surface area contributed by atoms with E-state index in [1.807, 2.05) is 66.7 Å². The minimum Gasteiger partial charge on any atom is -0.497 e. The Morgan fingerprint density at radius 2 is 1.65 bits per heavy atom. The minimum absolute atomic E-state index is 0.0148. The summed E-state index contributed by atoms with van der Waals surface area (Å²) in [6.45, 7) is 5.03. The maximum Gasteiger partial charge on any atom is 0.195 e. The van der Waals surface area contributed by atoms with Gasteiger partial charge in [0, 0.05) is 45.7 Å². The van der Waals surface area contributed by atoms with Gasteiger partial charge in [-0.2, -0.15) is 0 Å². The molecule has 4 aromatic rings. The third-order valence-corrected chi connectivity index (χ3v) is 7.29. The van der Waals surface area contributed by atoms with Crippen molar-refractivity contribution in [3.05, 3.63) is 83.9 Å². The number of fused-ring (bicyclic) bond motifs is 1. The van der Waals surface area contributed by atoms with E-state index in [-0.39, 0.29) is 5.78 Å². The number of morpholine rings is 1. The van der Waals surface area contributed by atoms with Crippen LogP contribution >= 0.6 is 11.3 Å². The highest BCUT2D eigenvalue weighted by Gasteiger charge is 2.21. The minimum atomic E-state index is 0.0148. The van der Waals surface area contributed by atoms with E-state index >= 15 is 0 Å². The molecule has 1 aliphatic rings. The van der Waals surface area contributed by atoms with Crippen LogP contribution in [0, 0.1) is 0 Å². The van der Waals surface area contributed by atoms with E-state index in [1.165, 1.54) is 0 Å². The molecule has 5 nitrogen and oxygen atoms in total. The van der Waals surface area contributed by atoms with Gasteiger partial charge in [0.1, 0.15) is 18.1 Å². The van der Waals surface area contributed by atoms with Crippen molar-refractivity contribution in [3.8, 4) is 21.9 Å². The SMILES string of the molecule is COc1ccc(C(=O)c2c(-c3ccc(OCCN4CCOCC4)cc3)sc3ccccc23)cc1. The highest BCUT2D eigenvalue weighted by atomic mass is 32.1. The summed E-state index contributed by atoms with van der Waals surface area (Å²) in [4.78, 5) is 16.9. The molecular formula is C28H27NO4S. The topological polar surface area (TPSA) is 48.0 Å². The molecule has 1 aliphatic heterocycles. The number of carbonyl (C=O) groups excluding carboxylic acids is 1. The number of benzene rings is 3. The van der Waals surface area contributed by atoms with E-state index in [9.17, 15) is 4.79 Å². The van der Waals surface area contributed by atoms with Gasteiger partial charge in [-0.25, -0.2) is 0 Å². The van der Waals surface area contributed by atoms with E-state index in [0.29, 0.717) is 12.2 Å². The van der Waals surface area contributed by atoms with E-state index in [0.717, 1.165) is 70.4 Å². The van der Waals surface area contributed by atoms with Gasteiger partial charge in [0.05, 0.1) is 20.3 Å². The van der Waals surface area contributed by atoms with E-state index in [1.54, 1.807) is 18.4 Å². The molecule has 0 unspecified atom stereocenters. The lowest BCUT2D eigenvalue weighted by Crippen LogP contribution is -2.38. The number of thiophene rings is 1. The molecule has 0 N–H and O–H groups in total. The third kappa shape index (κ3) is 4.85. The predicted octanol–water partition coefficient (Wildman–Crippen LogP) is 5.52. The van der Waals surface area contributed by atoms with E-state index < -0.39 is 0 Å². The molecular weight excluding hydrogens is 446 g/mol. The number of methoxy groups -OCH3 is 1. The number of carbonyl (C=O) groups is 1. The van der Waals surface area contributed by atoms with Crippen LogP contribution in [0.15, 0.2) is 72.8 Å². The van der Waals surface area contributed by atoms with Crippen molar-refractivity contribution in [2.24, 2.45) is 0 Å². The molecule has 5 rings (SSSR count). The summed E-state index contributed by atoms with van der Waals surface area (Å²) in [5.41, 5.74) is 2.40. The fourth-order valence-corrected chi connectivity index (χ4v) is 5.39. The van der Waals surface area contributed by atoms with Crippen molar-refractivity contribution >= 4 is 27.2 Å². The van der Waals surface area contributed by atoms with Crippen molar-refractivity contribution in [1.82, 2.24) is 4.90 Å². The van der Waals surface area contributed by atoms with Crippen LogP contribution in [0.2, 0.25) is 0 Å². The quantitative estimate of drug-likeness (QED) is 0.316. The molecule has 1 aromatic heterocycles. The van der Waals surface area contributed by atoms with Gasteiger partial charge < -0.3 is 14.2 Å². The van der Waals surface area contributed by atoms with Crippen LogP contribution in [0.3, 0.4) is 0 Å². The first kappa shape index (κ1) is 22.6. The lowest BCUT2D eigenvalue weighted by molar-refractivity contribution is 0.0322. The summed E-state index contributed by atoms with van der Waals surface area (Å²) in [6, 6.07) is 23.4. The van der Waals surface area contributed by atoms with E-state index in [2.05, 4.69) is 11.0 Å². The molecule has 0 spiro atoms. The molecule has 2 heterocycles. The Kier molecular flexibility index (Phi) is 6.90. The first-order valence-corrected chi connectivity index (χ1v) is 12.3. The first-order valence-electron chi connectivity index (χ1n) is 11.5. The number of nitrogens with zero attached hydrogens (tertiary/aromatic N) is 1. The average molecular weight is 474 g/mol. The Hall–Kier alpha value is -3.19. The molecule has 1 fully saturated rings. The molecule has 3 aromatic carbocycles. The summed E-state index contributed by atoms with van der Waals surface area (Å²) in [5, 5.41) is 0.981. The summed E-state index contributed by atoms with van der Waals surface area (Å²) in [6.07, 6.45) is 0. The molecule has 0 amide bonds. The zero-order valence-corrected chi connectivity index (χ0v) is 20.0. The van der Waals surface area contributed by atoms with E-state index in [4.69, 9.17) is 14.2 Å². The molecule has 0 atom stereocenters. The molecule has 0 aliphatic carbocycles. The molecule has 34 heavy (non-hydrogen) atoms. The summed E-state index contributed by atoms with van der Waals surface area (Å²) < 4.78 is 17.7. The van der Waals surface area contributed by atoms with Crippen LogP contribution in [0.1, 0.15) is 15.9 Å². The monoisotopic (exact) mass is 473 g/mol. The smallest absolute Gasteiger partial charge is 0.195 e. The Bertz CT molecular complexity index is 1260. The van der Waals surface area contributed by atoms with Crippen molar-refractivity contribution in [2.75, 3.05) is 46.6 Å². The summed E-state index contributed by atoms with van der Waals surface area (Å²) in [5.74, 6) is 1.58. The fourth-order valence-electron chi connectivity index (χ4n) is 4.18. The second-order valence-corrected chi connectivity index (χ2v) is 9.24. The first-order chi connectivity index (χ1) is 16.7. The van der Waals surface area contributed by atoms with Crippen LogP contribution in [0.5, 0.6) is 11.5 Å². The number of hydrogen-bond donors (Lipinski definition) is 0. The maximum absolute atomic E-state index is 13.6. The molecule has 0 saturated carbocycles. The average Bonchev–Trinajstić information content (AvgIpc) is 3.29. The second-order valence-electron chi connectivity index (χ2n) is 8.19. The zero-order chi connectivity index (χ0) is 23.3. The highest BCUT2D eigenvalue weighted by molar-refractivity contribution is 7.22. The third-order valence-electron chi connectivity index (χ3n) is 6.07. The summed E-state index contributed by atoms with van der Waals surface area (Å²) in [7, 11) is 1.62. The summed E-state index contributed by atoms with van der Waals surface area (Å²) >= 11 is 1.65. The van der Waals surface area contributed by atoms with Crippen molar-refractivity contribution in [3.63, 3.8) is 0 Å². The predicted molar refractivity (Wildman–Crippen MR) is 136 cm³/mol. The van der Waals surface area contributed by atoms with Crippen molar-refractivity contribution < 1.29 is 19.0 Å². The zero-order valence-electron chi connectivity index (χ0n) is 19.2. The number of rotatable bonds is 8. The van der Waals surface area contributed by atoms with Crippen LogP contribution < -0.4 is 9.47 Å². The van der Waals surface area contributed by atoms with Crippen LogP contribution in [-0.2, 0) is 4.74 Å². The van der Waals surface area contributed by atoms with Crippen molar-refractivity contribution in [1.29, 1.82) is 0 Å². The van der Waals surface area contributed by atoms with Gasteiger partial charge in [-0.15, -0.1) is 11.3 Å². The second kappa shape index (κ2) is 10.4. The Labute approximate surface area is 203 Å². The Morgan fingerprint density at radius 3 is 2.38 bits per heavy atom. The number of hydrogen-bond acceptors (Lipinski definition) is 6. The molecule has 174 valence electrons. The largest absolute Gasteiger partial charge is 0.497 e. The van der Waals surface area contributed by atoms with Gasteiger partial charge in [-0.3, -0.25) is 9.69 Å². The number of ketones is 1. The standard InChI is InChI=1S/C28H27NO4S/c1-31-22-10-6-20(7-11-22)27(30)26-24-4-2-3-5-25(24)34-28(26)21-8-12-23(13-9-21)33-19-16-29-14-17-32-18-15-29/h2-13H,14-19H2,1H3. The van der Waals surface area contributed by atoms with Gasteiger partial charge in [-0.05, 0) is 60.2 Å². The van der Waals surface area contributed by atoms with Gasteiger partial charge in [0.15, 0.2) is 5.78 Å². The Morgan fingerprint density at radius 1 is 0.941 bits per heavy atom. The lowest BCUT2D eigenvalue weighted by Gasteiger charge is -2.26. The van der Waals surface area contributed by atoms with Crippen LogP contribution in [0.4, 0.5) is 0 Å². The maximum atomic E-state index is 13.6. The van der Waals surface area contributed by atoms with Gasteiger partial charge >= 0.3 is 0 Å². The highest BCUT2D eigenvalue weighted by Crippen LogP contribution is 2.40. The lowest BCUT2D eigenvalue weighted by atomic mass is 9.97. The van der Waals surface area contributed by atoms with Gasteiger partial charge in [-0.1, -0.05) is 18.2 Å². The Balaban J connectivity index is 1.39. The molecule has 0 radical (unpaired) electrons. The van der Waals surface area contributed by atoms with Gasteiger partial charge in [0.2, 0.25) is 0 Å². The van der Waals surface area contributed by atoms with Crippen molar-refractivity contribution in [2.45, 2.75) is 0 Å². The fraction of sp³-hybridized carbons (Fsp3) is 0.250. The van der Waals surface area contributed by atoms with Crippen LogP contribution in [0.25, 0.3) is 20.5 Å². The van der Waals surface area contributed by atoms with Gasteiger partial charge in [0.25, 0.3) is 0 Å². The molecule has 1 saturated heterocycles. The molecule has 0 bridgehead atoms. The molecule has 6 heteroatoms. The normalized spacial score (nSPS) is 14.3. The number of ether oxygens (including phenoxy) is 3.